The van der Waals surface area contributed by atoms with E-state index in [1.807, 2.05) is 36.6 Å². The summed E-state index contributed by atoms with van der Waals surface area (Å²) in [5.74, 6) is 0.0701. The Morgan fingerprint density at radius 1 is 1.30 bits per heavy atom. The summed E-state index contributed by atoms with van der Waals surface area (Å²) in [7, 11) is 0. The third-order valence-corrected chi connectivity index (χ3v) is 4.33. The van der Waals surface area contributed by atoms with Gasteiger partial charge in [0.25, 0.3) is 5.91 Å². The van der Waals surface area contributed by atoms with Crippen molar-refractivity contribution >= 4 is 41.0 Å². The number of primary amides is 1. The van der Waals surface area contributed by atoms with Crippen LogP contribution in [-0.4, -0.2) is 22.1 Å². The molecule has 2 N–H and O–H groups in total. The molecule has 0 radical (unpaired) electrons. The summed E-state index contributed by atoms with van der Waals surface area (Å²) in [6.07, 6.45) is 1.85. The molecule has 0 saturated carbocycles. The Hall–Kier alpha value is -1.24. The van der Waals surface area contributed by atoms with E-state index >= 15 is 0 Å². The van der Waals surface area contributed by atoms with E-state index in [-0.39, 0.29) is 10.7 Å². The molecule has 0 unspecified atom stereocenters. The highest BCUT2D eigenvalue weighted by Gasteiger charge is 2.18. The fourth-order valence-corrected chi connectivity index (χ4v) is 3.30. The molecular formula is C13H12ClN3OS2. The van der Waals surface area contributed by atoms with Crippen molar-refractivity contribution in [2.45, 2.75) is 15.9 Å². The van der Waals surface area contributed by atoms with Gasteiger partial charge in [-0.05, 0) is 11.8 Å². The van der Waals surface area contributed by atoms with Crippen LogP contribution in [0.5, 0.6) is 0 Å². The van der Waals surface area contributed by atoms with Gasteiger partial charge in [-0.1, -0.05) is 53.7 Å². The van der Waals surface area contributed by atoms with Gasteiger partial charge in [0.05, 0.1) is 0 Å². The molecule has 0 aliphatic heterocycles. The number of amides is 1. The molecule has 0 fully saturated rings. The lowest BCUT2D eigenvalue weighted by Gasteiger charge is -2.08. The van der Waals surface area contributed by atoms with Crippen LogP contribution in [-0.2, 0) is 5.75 Å². The molecule has 104 valence electrons. The van der Waals surface area contributed by atoms with E-state index in [0.29, 0.717) is 15.9 Å². The molecule has 1 aromatic carbocycles. The lowest BCUT2D eigenvalue weighted by Crippen LogP contribution is -2.15. The number of hydrogen-bond donors (Lipinski definition) is 1. The van der Waals surface area contributed by atoms with E-state index in [1.165, 1.54) is 23.5 Å². The average molecular weight is 326 g/mol. The Bertz CT molecular complexity index is 623. The third kappa shape index (κ3) is 3.65. The summed E-state index contributed by atoms with van der Waals surface area (Å²) in [6.45, 7) is 0. The summed E-state index contributed by atoms with van der Waals surface area (Å²) < 4.78 is 0. The zero-order valence-corrected chi connectivity index (χ0v) is 13.1. The van der Waals surface area contributed by atoms with Gasteiger partial charge in [-0.3, -0.25) is 4.79 Å². The quantitative estimate of drug-likeness (QED) is 0.519. The van der Waals surface area contributed by atoms with Crippen molar-refractivity contribution in [1.29, 1.82) is 0 Å². The summed E-state index contributed by atoms with van der Waals surface area (Å²) in [4.78, 5) is 19.8. The van der Waals surface area contributed by atoms with Crippen LogP contribution in [0.15, 0.2) is 40.5 Å². The molecule has 0 atom stereocenters. The maximum absolute atomic E-state index is 11.5. The Balaban J connectivity index is 2.29. The lowest BCUT2D eigenvalue weighted by molar-refractivity contribution is 0.0996. The van der Waals surface area contributed by atoms with Crippen LogP contribution in [0.2, 0.25) is 5.15 Å². The smallest absolute Gasteiger partial charge is 0.254 e. The highest BCUT2D eigenvalue weighted by molar-refractivity contribution is 7.99. The number of aromatic nitrogens is 2. The monoisotopic (exact) mass is 325 g/mol. The van der Waals surface area contributed by atoms with E-state index in [2.05, 4.69) is 9.97 Å². The molecule has 2 rings (SSSR count). The first-order valence-electron chi connectivity index (χ1n) is 5.70. The van der Waals surface area contributed by atoms with Crippen LogP contribution in [0.1, 0.15) is 15.9 Å². The van der Waals surface area contributed by atoms with Crippen LogP contribution in [0.4, 0.5) is 0 Å². The van der Waals surface area contributed by atoms with Crippen molar-refractivity contribution in [3.05, 3.63) is 46.6 Å². The molecule has 1 aromatic heterocycles. The topological polar surface area (TPSA) is 68.9 Å². The first kappa shape index (κ1) is 15.2. The van der Waals surface area contributed by atoms with Gasteiger partial charge in [0.2, 0.25) is 0 Å². The first-order valence-corrected chi connectivity index (χ1v) is 8.28. The Morgan fingerprint density at radius 3 is 2.60 bits per heavy atom. The SMILES string of the molecule is CSc1nc(Cl)c(C(N)=O)c(SCc2ccccc2)n1. The Kier molecular flexibility index (Phi) is 5.28. The van der Waals surface area contributed by atoms with Gasteiger partial charge in [0.15, 0.2) is 5.16 Å². The van der Waals surface area contributed by atoms with E-state index in [0.717, 1.165) is 5.56 Å². The maximum Gasteiger partial charge on any atom is 0.254 e. The van der Waals surface area contributed by atoms with E-state index in [1.54, 1.807) is 0 Å². The zero-order valence-electron chi connectivity index (χ0n) is 10.7. The summed E-state index contributed by atoms with van der Waals surface area (Å²) in [6, 6.07) is 9.90. The molecule has 0 saturated heterocycles. The molecule has 1 heterocycles. The zero-order chi connectivity index (χ0) is 14.5. The number of benzene rings is 1. The van der Waals surface area contributed by atoms with Gasteiger partial charge >= 0.3 is 0 Å². The standard InChI is InChI=1S/C13H12ClN3OS2/c1-19-13-16-10(14)9(11(15)18)12(17-13)20-7-8-5-3-2-4-6-8/h2-6H,7H2,1H3,(H2,15,18). The van der Waals surface area contributed by atoms with Crippen molar-refractivity contribution in [2.75, 3.05) is 6.26 Å². The Morgan fingerprint density at radius 2 is 2.00 bits per heavy atom. The van der Waals surface area contributed by atoms with Crippen molar-refractivity contribution < 1.29 is 4.79 Å². The maximum atomic E-state index is 11.5. The number of nitrogens with two attached hydrogens (primary N) is 1. The van der Waals surface area contributed by atoms with Crippen LogP contribution in [0.3, 0.4) is 0 Å². The highest BCUT2D eigenvalue weighted by Crippen LogP contribution is 2.29. The number of carbonyl (C=O) groups is 1. The Labute approximate surface area is 130 Å². The van der Waals surface area contributed by atoms with Crippen molar-refractivity contribution in [3.63, 3.8) is 0 Å². The average Bonchev–Trinajstić information content (AvgIpc) is 2.45. The van der Waals surface area contributed by atoms with Crippen LogP contribution < -0.4 is 5.73 Å². The van der Waals surface area contributed by atoms with Crippen molar-refractivity contribution in [1.82, 2.24) is 9.97 Å². The molecule has 20 heavy (non-hydrogen) atoms. The van der Waals surface area contributed by atoms with Gasteiger partial charge in [-0.2, -0.15) is 0 Å². The van der Waals surface area contributed by atoms with Crippen LogP contribution in [0.25, 0.3) is 0 Å². The van der Waals surface area contributed by atoms with Gasteiger partial charge in [0, 0.05) is 5.75 Å². The van der Waals surface area contributed by atoms with E-state index in [9.17, 15) is 4.79 Å². The largest absolute Gasteiger partial charge is 0.365 e. The number of carbonyl (C=O) groups excluding carboxylic acids is 1. The van der Waals surface area contributed by atoms with Crippen LogP contribution in [0, 0.1) is 0 Å². The molecule has 2 aromatic rings. The first-order chi connectivity index (χ1) is 9.61. The molecular weight excluding hydrogens is 314 g/mol. The number of thioether (sulfide) groups is 2. The molecule has 1 amide bonds. The van der Waals surface area contributed by atoms with E-state index < -0.39 is 5.91 Å². The molecule has 7 heteroatoms. The number of rotatable bonds is 5. The van der Waals surface area contributed by atoms with Crippen molar-refractivity contribution in [3.8, 4) is 0 Å². The second-order valence-corrected chi connectivity index (χ2v) is 5.92. The number of hydrogen-bond acceptors (Lipinski definition) is 5. The van der Waals surface area contributed by atoms with Crippen LogP contribution >= 0.6 is 35.1 Å². The predicted molar refractivity (Wildman–Crippen MR) is 83.3 cm³/mol. The van der Waals surface area contributed by atoms with Gasteiger partial charge in [-0.15, -0.1) is 11.8 Å². The molecule has 4 nitrogen and oxygen atoms in total. The number of halogens is 1. The fourth-order valence-electron chi connectivity index (χ4n) is 1.52. The fraction of sp³-hybridized carbons (Fsp3) is 0.154. The number of nitrogens with zero attached hydrogens (tertiary/aromatic N) is 2. The highest BCUT2D eigenvalue weighted by atomic mass is 35.5. The van der Waals surface area contributed by atoms with Gasteiger partial charge in [0.1, 0.15) is 15.7 Å². The minimum atomic E-state index is -0.613. The minimum Gasteiger partial charge on any atom is -0.365 e. The molecule has 0 aliphatic rings. The van der Waals surface area contributed by atoms with Gasteiger partial charge in [-0.25, -0.2) is 9.97 Å². The second kappa shape index (κ2) is 6.97. The predicted octanol–water partition coefficient (Wildman–Crippen LogP) is 3.24. The minimum absolute atomic E-state index is 0.104. The second-order valence-electron chi connectivity index (χ2n) is 3.82. The normalized spacial score (nSPS) is 10.5. The summed E-state index contributed by atoms with van der Waals surface area (Å²) >= 11 is 8.80. The summed E-state index contributed by atoms with van der Waals surface area (Å²) in [5.41, 5.74) is 6.67. The van der Waals surface area contributed by atoms with Gasteiger partial charge < -0.3 is 5.73 Å². The van der Waals surface area contributed by atoms with E-state index in [4.69, 9.17) is 17.3 Å². The third-order valence-electron chi connectivity index (χ3n) is 2.46. The molecule has 0 bridgehead atoms. The van der Waals surface area contributed by atoms with Crippen molar-refractivity contribution in [2.24, 2.45) is 5.73 Å². The summed E-state index contributed by atoms with van der Waals surface area (Å²) in [5, 5.41) is 1.15. The molecule has 0 aliphatic carbocycles. The lowest BCUT2D eigenvalue weighted by atomic mass is 10.2. The molecule has 0 spiro atoms.